The van der Waals surface area contributed by atoms with Crippen LogP contribution in [0.3, 0.4) is 0 Å². The van der Waals surface area contributed by atoms with Crippen LogP contribution < -0.4 is 9.47 Å². The van der Waals surface area contributed by atoms with E-state index >= 15 is 0 Å². The number of hydrogen-bond donors (Lipinski definition) is 0. The Labute approximate surface area is 113 Å². The fourth-order valence-corrected chi connectivity index (χ4v) is 3.10. The van der Waals surface area contributed by atoms with Crippen LogP contribution in [0.1, 0.15) is 29.2 Å². The van der Waals surface area contributed by atoms with Crippen LogP contribution in [0.5, 0.6) is 11.5 Å². The average Bonchev–Trinajstić information content (AvgIpc) is 2.43. The van der Waals surface area contributed by atoms with Crippen molar-refractivity contribution >= 4 is 0 Å². The van der Waals surface area contributed by atoms with Crippen LogP contribution in [-0.2, 0) is 19.6 Å². The van der Waals surface area contributed by atoms with Gasteiger partial charge in [-0.2, -0.15) is 0 Å². The standard InChI is InChI=1S/C17H16O2/c1-3-11-6-13-9-18-14-5-10(2)4-12-8-19-15(7-11)17(13)16(12)14/h4-7H,3,8-9H2,1-2H3. The van der Waals surface area contributed by atoms with Gasteiger partial charge in [0.1, 0.15) is 24.7 Å². The van der Waals surface area contributed by atoms with E-state index in [1.165, 1.54) is 33.4 Å². The first-order valence-electron chi connectivity index (χ1n) is 6.81. The summed E-state index contributed by atoms with van der Waals surface area (Å²) in [5.41, 5.74) is 7.54. The van der Waals surface area contributed by atoms with E-state index in [1.807, 2.05) is 0 Å². The van der Waals surface area contributed by atoms with Crippen molar-refractivity contribution in [3.63, 3.8) is 0 Å². The average molecular weight is 252 g/mol. The number of hydrogen-bond acceptors (Lipinski definition) is 2. The predicted molar refractivity (Wildman–Crippen MR) is 74.7 cm³/mol. The van der Waals surface area contributed by atoms with Gasteiger partial charge in [0.2, 0.25) is 0 Å². The molecule has 0 saturated carbocycles. The van der Waals surface area contributed by atoms with Gasteiger partial charge in [0, 0.05) is 22.3 Å². The van der Waals surface area contributed by atoms with Crippen LogP contribution in [0.2, 0.25) is 0 Å². The van der Waals surface area contributed by atoms with Gasteiger partial charge in [-0.25, -0.2) is 0 Å². The first-order chi connectivity index (χ1) is 9.26. The predicted octanol–water partition coefficient (Wildman–Crippen LogP) is 4.01. The molecule has 0 fully saturated rings. The topological polar surface area (TPSA) is 18.5 Å². The molecule has 0 atom stereocenters. The van der Waals surface area contributed by atoms with Gasteiger partial charge in [-0.1, -0.05) is 19.1 Å². The van der Waals surface area contributed by atoms with Gasteiger partial charge in [-0.15, -0.1) is 0 Å². The van der Waals surface area contributed by atoms with E-state index < -0.39 is 0 Å². The third-order valence-corrected chi connectivity index (χ3v) is 4.00. The molecule has 2 heterocycles. The Bertz CT molecular complexity index is 636. The molecule has 2 heteroatoms. The van der Waals surface area contributed by atoms with E-state index in [-0.39, 0.29) is 0 Å². The van der Waals surface area contributed by atoms with Gasteiger partial charge < -0.3 is 9.47 Å². The second-order valence-electron chi connectivity index (χ2n) is 5.36. The van der Waals surface area contributed by atoms with Crippen LogP contribution in [-0.4, -0.2) is 0 Å². The first kappa shape index (κ1) is 10.9. The monoisotopic (exact) mass is 252 g/mol. The zero-order valence-corrected chi connectivity index (χ0v) is 11.2. The third-order valence-electron chi connectivity index (χ3n) is 4.00. The van der Waals surface area contributed by atoms with Gasteiger partial charge in [0.15, 0.2) is 0 Å². The Hall–Kier alpha value is -1.96. The zero-order valence-electron chi connectivity index (χ0n) is 11.2. The summed E-state index contributed by atoms with van der Waals surface area (Å²) in [7, 11) is 0. The smallest absolute Gasteiger partial charge is 0.128 e. The fourth-order valence-electron chi connectivity index (χ4n) is 3.10. The van der Waals surface area contributed by atoms with Gasteiger partial charge >= 0.3 is 0 Å². The van der Waals surface area contributed by atoms with Gasteiger partial charge in [-0.3, -0.25) is 0 Å². The molecule has 2 aromatic carbocycles. The quantitative estimate of drug-likeness (QED) is 0.763. The molecule has 0 bridgehead atoms. The lowest BCUT2D eigenvalue weighted by Crippen LogP contribution is -2.15. The third kappa shape index (κ3) is 1.49. The fraction of sp³-hybridized carbons (Fsp3) is 0.294. The molecule has 4 rings (SSSR count). The van der Waals surface area contributed by atoms with Crippen molar-refractivity contribution in [2.45, 2.75) is 33.5 Å². The highest BCUT2D eigenvalue weighted by Gasteiger charge is 2.28. The SMILES string of the molecule is CCc1cc2c3c(c1)OCc1cc(C)cc(c1-3)OC2. The van der Waals surface area contributed by atoms with Crippen molar-refractivity contribution in [1.29, 1.82) is 0 Å². The van der Waals surface area contributed by atoms with Crippen LogP contribution >= 0.6 is 0 Å². The maximum atomic E-state index is 5.96. The summed E-state index contributed by atoms with van der Waals surface area (Å²) < 4.78 is 11.9. The summed E-state index contributed by atoms with van der Waals surface area (Å²) in [6, 6.07) is 8.76. The highest BCUT2D eigenvalue weighted by atomic mass is 16.5. The molecule has 2 aliphatic heterocycles. The zero-order chi connectivity index (χ0) is 13.0. The molecule has 0 spiro atoms. The minimum Gasteiger partial charge on any atom is -0.488 e. The summed E-state index contributed by atoms with van der Waals surface area (Å²) in [4.78, 5) is 0. The minimum atomic E-state index is 0.646. The van der Waals surface area contributed by atoms with Crippen molar-refractivity contribution < 1.29 is 9.47 Å². The molecule has 0 N–H and O–H groups in total. The number of benzene rings is 2. The Morgan fingerprint density at radius 2 is 1.53 bits per heavy atom. The van der Waals surface area contributed by atoms with Crippen LogP contribution in [0.4, 0.5) is 0 Å². The van der Waals surface area contributed by atoms with Gasteiger partial charge in [0.05, 0.1) is 0 Å². The van der Waals surface area contributed by atoms with E-state index in [0.717, 1.165) is 17.9 Å². The van der Waals surface area contributed by atoms with Crippen molar-refractivity contribution in [3.05, 3.63) is 46.5 Å². The Balaban J connectivity index is 2.05. The summed E-state index contributed by atoms with van der Waals surface area (Å²) in [6.45, 7) is 5.57. The van der Waals surface area contributed by atoms with E-state index in [9.17, 15) is 0 Å². The summed E-state index contributed by atoms with van der Waals surface area (Å²) in [5.74, 6) is 2.03. The molecule has 0 aromatic heterocycles. The molecule has 0 unspecified atom stereocenters. The number of rotatable bonds is 1. The van der Waals surface area contributed by atoms with Crippen LogP contribution in [0, 0.1) is 6.92 Å². The molecular weight excluding hydrogens is 236 g/mol. The molecular formula is C17H16O2. The van der Waals surface area contributed by atoms with Crippen molar-refractivity contribution in [2.75, 3.05) is 0 Å². The molecule has 0 radical (unpaired) electrons. The Morgan fingerprint density at radius 3 is 2.21 bits per heavy atom. The Morgan fingerprint density at radius 1 is 0.895 bits per heavy atom. The molecule has 2 aromatic rings. The molecule has 2 nitrogen and oxygen atoms in total. The largest absolute Gasteiger partial charge is 0.488 e. The van der Waals surface area contributed by atoms with Crippen molar-refractivity contribution in [3.8, 4) is 22.6 Å². The summed E-state index contributed by atoms with van der Waals surface area (Å²) in [6.07, 6.45) is 1.03. The van der Waals surface area contributed by atoms with Crippen molar-refractivity contribution in [1.82, 2.24) is 0 Å². The van der Waals surface area contributed by atoms with E-state index in [1.54, 1.807) is 0 Å². The molecule has 0 amide bonds. The van der Waals surface area contributed by atoms with Gasteiger partial charge in [-0.05, 0) is 36.6 Å². The highest BCUT2D eigenvalue weighted by Crippen LogP contribution is 2.48. The number of aryl methyl sites for hydroxylation is 2. The van der Waals surface area contributed by atoms with Gasteiger partial charge in [0.25, 0.3) is 0 Å². The molecule has 0 aliphatic carbocycles. The molecule has 19 heavy (non-hydrogen) atoms. The van der Waals surface area contributed by atoms with Crippen LogP contribution in [0.25, 0.3) is 11.1 Å². The lowest BCUT2D eigenvalue weighted by Gasteiger charge is -2.30. The second kappa shape index (κ2) is 3.77. The molecule has 2 aliphatic rings. The number of ether oxygens (including phenoxy) is 2. The van der Waals surface area contributed by atoms with E-state index in [0.29, 0.717) is 13.2 Å². The maximum Gasteiger partial charge on any atom is 0.128 e. The van der Waals surface area contributed by atoms with E-state index in [2.05, 4.69) is 38.1 Å². The highest BCUT2D eigenvalue weighted by molar-refractivity contribution is 5.84. The van der Waals surface area contributed by atoms with Crippen LogP contribution in [0.15, 0.2) is 24.3 Å². The normalized spacial score (nSPS) is 14.4. The lowest BCUT2D eigenvalue weighted by molar-refractivity contribution is 0.277. The Kier molecular flexibility index (Phi) is 2.16. The first-order valence-corrected chi connectivity index (χ1v) is 6.81. The summed E-state index contributed by atoms with van der Waals surface area (Å²) >= 11 is 0. The second-order valence-corrected chi connectivity index (χ2v) is 5.36. The van der Waals surface area contributed by atoms with E-state index in [4.69, 9.17) is 9.47 Å². The lowest BCUT2D eigenvalue weighted by atomic mass is 9.88. The van der Waals surface area contributed by atoms with Crippen molar-refractivity contribution in [2.24, 2.45) is 0 Å². The summed E-state index contributed by atoms with van der Waals surface area (Å²) in [5, 5.41) is 0. The molecule has 0 saturated heterocycles. The molecule has 96 valence electrons. The minimum absolute atomic E-state index is 0.646. The maximum absolute atomic E-state index is 5.96.